The van der Waals surface area contributed by atoms with E-state index in [1.807, 2.05) is 67.6 Å². The van der Waals surface area contributed by atoms with Gasteiger partial charge in [-0.15, -0.1) is 0 Å². The summed E-state index contributed by atoms with van der Waals surface area (Å²) in [4.78, 5) is 37.2. The van der Waals surface area contributed by atoms with E-state index in [4.69, 9.17) is 5.73 Å². The fraction of sp³-hybridized carbons (Fsp3) is 0.250. The summed E-state index contributed by atoms with van der Waals surface area (Å²) in [5.41, 5.74) is 6.86. The molecule has 0 saturated heterocycles. The smallest absolute Gasteiger partial charge is 0.235 e. The summed E-state index contributed by atoms with van der Waals surface area (Å²) in [6, 6.07) is 18.3. The number of rotatable bonds is 8. The van der Waals surface area contributed by atoms with Gasteiger partial charge < -0.3 is 5.73 Å². The molecule has 0 saturated carbocycles. The van der Waals surface area contributed by atoms with Crippen LogP contribution >= 0.6 is 0 Å². The highest BCUT2D eigenvalue weighted by Crippen LogP contribution is 2.29. The van der Waals surface area contributed by atoms with Crippen molar-refractivity contribution >= 4 is 17.5 Å². The maximum absolute atomic E-state index is 13.1. The number of ketones is 2. The number of hydrogen-bond acceptors (Lipinski definition) is 3. The van der Waals surface area contributed by atoms with Crippen LogP contribution in [0.4, 0.5) is 0 Å². The first-order chi connectivity index (χ1) is 11.6. The highest BCUT2D eigenvalue weighted by atomic mass is 16.2. The van der Waals surface area contributed by atoms with Crippen molar-refractivity contribution in [3.63, 3.8) is 0 Å². The highest BCUT2D eigenvalue weighted by molar-refractivity contribution is 6.20. The van der Waals surface area contributed by atoms with Crippen LogP contribution in [-0.4, -0.2) is 17.5 Å². The topological polar surface area (TPSA) is 77.2 Å². The van der Waals surface area contributed by atoms with E-state index in [1.54, 1.807) is 0 Å². The van der Waals surface area contributed by atoms with Crippen LogP contribution in [0.15, 0.2) is 60.7 Å². The number of carbonyl (C=O) groups is 3. The van der Waals surface area contributed by atoms with Crippen LogP contribution in [0.3, 0.4) is 0 Å². The van der Waals surface area contributed by atoms with Gasteiger partial charge in [0.05, 0.1) is 5.92 Å². The third-order valence-electron chi connectivity index (χ3n) is 3.94. The fourth-order valence-corrected chi connectivity index (χ4v) is 2.83. The molecule has 1 atom stereocenters. The molecule has 0 heterocycles. The second-order valence-electron chi connectivity index (χ2n) is 5.71. The van der Waals surface area contributed by atoms with Crippen molar-refractivity contribution in [3.8, 4) is 0 Å². The predicted octanol–water partition coefficient (Wildman–Crippen LogP) is 2.86. The maximum Gasteiger partial charge on any atom is 0.235 e. The first-order valence-electron chi connectivity index (χ1n) is 8.02. The summed E-state index contributed by atoms with van der Waals surface area (Å²) in [6.07, 6.45) is 0.729. The lowest BCUT2D eigenvalue weighted by Gasteiger charge is -2.21. The second kappa shape index (κ2) is 8.20. The number of hydrogen-bond donors (Lipinski definition) is 1. The molecule has 0 fully saturated rings. The lowest BCUT2D eigenvalue weighted by molar-refractivity contribution is -0.139. The van der Waals surface area contributed by atoms with E-state index in [0.717, 1.165) is 11.1 Å². The number of amides is 1. The first-order valence-corrected chi connectivity index (χ1v) is 8.02. The molecular formula is C20H21NO3. The molecule has 0 radical (unpaired) electrons. The Hall–Kier alpha value is -2.75. The molecule has 0 aliphatic rings. The van der Waals surface area contributed by atoms with Gasteiger partial charge in [0, 0.05) is 6.42 Å². The van der Waals surface area contributed by atoms with Gasteiger partial charge in [0.15, 0.2) is 17.5 Å². The van der Waals surface area contributed by atoms with Gasteiger partial charge in [-0.1, -0.05) is 67.6 Å². The van der Waals surface area contributed by atoms with Crippen molar-refractivity contribution in [1.82, 2.24) is 0 Å². The van der Waals surface area contributed by atoms with Gasteiger partial charge in [0.2, 0.25) is 5.91 Å². The number of nitrogens with two attached hydrogens (primary N) is 1. The Bertz CT molecular complexity index is 671. The van der Waals surface area contributed by atoms with Crippen LogP contribution < -0.4 is 5.73 Å². The maximum atomic E-state index is 13.1. The monoisotopic (exact) mass is 323 g/mol. The molecular weight excluding hydrogens is 302 g/mol. The minimum Gasteiger partial charge on any atom is -0.369 e. The van der Waals surface area contributed by atoms with E-state index in [9.17, 15) is 14.4 Å². The normalized spacial score (nSPS) is 11.9. The molecule has 1 unspecified atom stereocenters. The van der Waals surface area contributed by atoms with Crippen molar-refractivity contribution in [1.29, 1.82) is 0 Å². The molecule has 2 aromatic carbocycles. The van der Waals surface area contributed by atoms with Gasteiger partial charge in [-0.3, -0.25) is 14.4 Å². The van der Waals surface area contributed by atoms with Crippen LogP contribution in [0, 0.1) is 5.92 Å². The van der Waals surface area contributed by atoms with E-state index in [0.29, 0.717) is 6.42 Å². The summed E-state index contributed by atoms with van der Waals surface area (Å²) >= 11 is 0. The van der Waals surface area contributed by atoms with E-state index >= 15 is 0 Å². The molecule has 24 heavy (non-hydrogen) atoms. The van der Waals surface area contributed by atoms with E-state index < -0.39 is 29.3 Å². The Morgan fingerprint density at radius 1 is 0.875 bits per heavy atom. The number of Topliss-reactive ketones (excluding diaryl/α,β-unsaturated/α-hetero) is 2. The SMILES string of the molecule is CCCC(=O)C(C(N)=O)C(=O)C(c1ccccc1)c1ccccc1. The number of carbonyl (C=O) groups excluding carboxylic acids is 3. The van der Waals surface area contributed by atoms with Gasteiger partial charge in [0.25, 0.3) is 0 Å². The average Bonchev–Trinajstić information content (AvgIpc) is 2.57. The number of benzene rings is 2. The molecule has 2 N–H and O–H groups in total. The Labute approximate surface area is 141 Å². The molecule has 4 heteroatoms. The molecule has 0 spiro atoms. The van der Waals surface area contributed by atoms with Crippen molar-refractivity contribution < 1.29 is 14.4 Å². The van der Waals surface area contributed by atoms with Crippen molar-refractivity contribution in [2.45, 2.75) is 25.7 Å². The van der Waals surface area contributed by atoms with Gasteiger partial charge in [-0.25, -0.2) is 0 Å². The third-order valence-corrected chi connectivity index (χ3v) is 3.94. The highest BCUT2D eigenvalue weighted by Gasteiger charge is 2.37. The summed E-state index contributed by atoms with van der Waals surface area (Å²) in [7, 11) is 0. The Kier molecular flexibility index (Phi) is 6.01. The molecule has 4 nitrogen and oxygen atoms in total. The zero-order valence-corrected chi connectivity index (χ0v) is 13.6. The largest absolute Gasteiger partial charge is 0.369 e. The van der Waals surface area contributed by atoms with Crippen molar-refractivity contribution in [2.75, 3.05) is 0 Å². The van der Waals surface area contributed by atoms with Crippen molar-refractivity contribution in [2.24, 2.45) is 11.7 Å². The summed E-state index contributed by atoms with van der Waals surface area (Å²) in [5, 5.41) is 0. The zero-order chi connectivity index (χ0) is 17.5. The van der Waals surface area contributed by atoms with E-state index in [1.165, 1.54) is 0 Å². The zero-order valence-electron chi connectivity index (χ0n) is 13.6. The van der Waals surface area contributed by atoms with Gasteiger partial charge in [-0.2, -0.15) is 0 Å². The summed E-state index contributed by atoms with van der Waals surface area (Å²) in [6.45, 7) is 1.83. The lowest BCUT2D eigenvalue weighted by Crippen LogP contribution is -2.39. The Morgan fingerprint density at radius 2 is 1.33 bits per heavy atom. The minimum atomic E-state index is -1.41. The summed E-state index contributed by atoms with van der Waals surface area (Å²) < 4.78 is 0. The molecule has 0 aliphatic carbocycles. The van der Waals surface area contributed by atoms with Crippen LogP contribution in [0.25, 0.3) is 0 Å². The van der Waals surface area contributed by atoms with E-state index in [-0.39, 0.29) is 6.42 Å². The molecule has 124 valence electrons. The minimum absolute atomic E-state index is 0.162. The molecule has 2 rings (SSSR count). The first kappa shape index (κ1) is 17.6. The molecule has 2 aromatic rings. The Balaban J connectivity index is 2.48. The lowest BCUT2D eigenvalue weighted by atomic mass is 9.80. The predicted molar refractivity (Wildman–Crippen MR) is 92.3 cm³/mol. The molecule has 0 aliphatic heterocycles. The van der Waals surface area contributed by atoms with Gasteiger partial charge in [-0.05, 0) is 17.5 Å². The van der Waals surface area contributed by atoms with Crippen molar-refractivity contribution in [3.05, 3.63) is 71.8 Å². The van der Waals surface area contributed by atoms with Gasteiger partial charge in [0.1, 0.15) is 0 Å². The summed E-state index contributed by atoms with van der Waals surface area (Å²) in [5.74, 6) is -3.85. The van der Waals surface area contributed by atoms with Crippen LogP contribution in [-0.2, 0) is 14.4 Å². The standard InChI is InChI=1S/C20H21NO3/c1-2-9-16(22)18(20(21)24)19(23)17(14-10-5-3-6-11-14)15-12-7-4-8-13-15/h3-8,10-13,17-18H,2,9H2,1H3,(H2,21,24). The van der Waals surface area contributed by atoms with Crippen LogP contribution in [0.2, 0.25) is 0 Å². The third kappa shape index (κ3) is 3.96. The van der Waals surface area contributed by atoms with E-state index in [2.05, 4.69) is 0 Å². The molecule has 0 bridgehead atoms. The second-order valence-corrected chi connectivity index (χ2v) is 5.71. The van der Waals surface area contributed by atoms with Gasteiger partial charge >= 0.3 is 0 Å². The molecule has 0 aromatic heterocycles. The van der Waals surface area contributed by atoms with Crippen LogP contribution in [0.5, 0.6) is 0 Å². The Morgan fingerprint density at radius 3 is 1.71 bits per heavy atom. The molecule has 1 amide bonds. The number of primary amides is 1. The fourth-order valence-electron chi connectivity index (χ4n) is 2.83. The average molecular weight is 323 g/mol. The van der Waals surface area contributed by atoms with Crippen LogP contribution in [0.1, 0.15) is 36.8 Å². The quantitative estimate of drug-likeness (QED) is 0.759.